The quantitative estimate of drug-likeness (QED) is 0.770. The largest absolute Gasteiger partial charge is 0.506 e. The summed E-state index contributed by atoms with van der Waals surface area (Å²) >= 11 is 5.76. The van der Waals surface area contributed by atoms with Crippen molar-refractivity contribution in [3.63, 3.8) is 0 Å². The smallest absolute Gasteiger partial charge is 0.134 e. The molecule has 0 amide bonds. The summed E-state index contributed by atoms with van der Waals surface area (Å²) in [5.74, 6) is 0.460. The van der Waals surface area contributed by atoms with E-state index in [2.05, 4.69) is 0 Å². The lowest BCUT2D eigenvalue weighted by Crippen LogP contribution is -2.16. The van der Waals surface area contributed by atoms with Crippen LogP contribution in [0.4, 0.5) is 0 Å². The van der Waals surface area contributed by atoms with Gasteiger partial charge in [0.2, 0.25) is 0 Å². The van der Waals surface area contributed by atoms with Crippen LogP contribution in [0.1, 0.15) is 25.5 Å². The van der Waals surface area contributed by atoms with Crippen molar-refractivity contribution < 1.29 is 5.11 Å². The highest BCUT2D eigenvalue weighted by atomic mass is 35.5. The Morgan fingerprint density at radius 2 is 2.00 bits per heavy atom. The highest BCUT2D eigenvalue weighted by Gasteiger charge is 2.11. The fourth-order valence-corrected chi connectivity index (χ4v) is 1.30. The molecule has 0 heterocycles. The van der Waals surface area contributed by atoms with Gasteiger partial charge in [-0.2, -0.15) is 0 Å². The summed E-state index contributed by atoms with van der Waals surface area (Å²) in [6, 6.07) is 5.05. The second kappa shape index (κ2) is 3.99. The van der Waals surface area contributed by atoms with E-state index in [0.717, 1.165) is 5.56 Å². The van der Waals surface area contributed by atoms with E-state index in [4.69, 9.17) is 17.3 Å². The Balaban J connectivity index is 2.97. The van der Waals surface area contributed by atoms with Gasteiger partial charge in [-0.15, -0.1) is 0 Å². The van der Waals surface area contributed by atoms with E-state index in [0.29, 0.717) is 10.9 Å². The Morgan fingerprint density at radius 3 is 2.46 bits per heavy atom. The van der Waals surface area contributed by atoms with E-state index in [-0.39, 0.29) is 11.8 Å². The first kappa shape index (κ1) is 10.4. The van der Waals surface area contributed by atoms with Crippen LogP contribution >= 0.6 is 11.6 Å². The Morgan fingerprint density at radius 1 is 1.38 bits per heavy atom. The molecule has 0 saturated carbocycles. The van der Waals surface area contributed by atoms with Gasteiger partial charge in [-0.25, -0.2) is 0 Å². The van der Waals surface area contributed by atoms with E-state index < -0.39 is 0 Å². The minimum Gasteiger partial charge on any atom is -0.506 e. The van der Waals surface area contributed by atoms with Crippen LogP contribution < -0.4 is 5.73 Å². The molecule has 72 valence electrons. The third kappa shape index (κ3) is 2.36. The van der Waals surface area contributed by atoms with E-state index in [1.165, 1.54) is 0 Å². The number of hydrogen-bond acceptors (Lipinski definition) is 2. The first-order valence-electron chi connectivity index (χ1n) is 4.26. The van der Waals surface area contributed by atoms with E-state index in [9.17, 15) is 5.11 Å². The lowest BCUT2D eigenvalue weighted by molar-refractivity contribution is 0.473. The highest BCUT2D eigenvalue weighted by molar-refractivity contribution is 6.32. The summed E-state index contributed by atoms with van der Waals surface area (Å²) in [4.78, 5) is 0. The molecule has 0 aliphatic rings. The number of halogens is 1. The van der Waals surface area contributed by atoms with Crippen LogP contribution in [0, 0.1) is 5.92 Å². The molecule has 2 nitrogen and oxygen atoms in total. The molecule has 0 unspecified atom stereocenters. The molecule has 0 radical (unpaired) electrons. The minimum atomic E-state index is -0.0295. The van der Waals surface area contributed by atoms with Crippen molar-refractivity contribution in [1.82, 2.24) is 0 Å². The molecule has 1 rings (SSSR count). The fraction of sp³-hybridized carbons (Fsp3) is 0.400. The van der Waals surface area contributed by atoms with Gasteiger partial charge in [0.25, 0.3) is 0 Å². The van der Waals surface area contributed by atoms with Crippen molar-refractivity contribution in [2.75, 3.05) is 0 Å². The van der Waals surface area contributed by atoms with Crippen molar-refractivity contribution in [2.45, 2.75) is 19.9 Å². The van der Waals surface area contributed by atoms with E-state index >= 15 is 0 Å². The first-order valence-corrected chi connectivity index (χ1v) is 4.64. The molecule has 3 heteroatoms. The van der Waals surface area contributed by atoms with Gasteiger partial charge >= 0.3 is 0 Å². The summed E-state index contributed by atoms with van der Waals surface area (Å²) in [6.07, 6.45) is 0. The molecule has 0 bridgehead atoms. The summed E-state index contributed by atoms with van der Waals surface area (Å²) in [7, 11) is 0. The maximum atomic E-state index is 9.19. The van der Waals surface area contributed by atoms with Gasteiger partial charge in [0.15, 0.2) is 0 Å². The molecule has 13 heavy (non-hydrogen) atoms. The topological polar surface area (TPSA) is 46.2 Å². The number of benzene rings is 1. The predicted molar refractivity (Wildman–Crippen MR) is 54.9 cm³/mol. The number of phenols is 1. The van der Waals surface area contributed by atoms with Gasteiger partial charge in [0.05, 0.1) is 5.02 Å². The molecule has 0 fully saturated rings. The standard InChI is InChI=1S/C10H14ClNO/c1-6(2)10(12)7-3-4-9(13)8(11)5-7/h3-6,10,13H,12H2,1-2H3/t10-/m1/s1. The SMILES string of the molecule is CC(C)[C@@H](N)c1ccc(O)c(Cl)c1. The molecule has 0 aromatic heterocycles. The van der Waals surface area contributed by atoms with Crippen LogP contribution in [0.15, 0.2) is 18.2 Å². The molecule has 0 aliphatic heterocycles. The number of aromatic hydroxyl groups is 1. The van der Waals surface area contributed by atoms with Gasteiger partial charge in [-0.3, -0.25) is 0 Å². The summed E-state index contributed by atoms with van der Waals surface area (Å²) < 4.78 is 0. The molecule has 0 saturated heterocycles. The van der Waals surface area contributed by atoms with Crippen molar-refractivity contribution in [3.8, 4) is 5.75 Å². The summed E-state index contributed by atoms with van der Waals surface area (Å²) in [6.45, 7) is 4.09. The van der Waals surface area contributed by atoms with Crippen molar-refractivity contribution in [3.05, 3.63) is 28.8 Å². The second-order valence-corrected chi connectivity index (χ2v) is 3.89. The Bertz CT molecular complexity index is 299. The van der Waals surface area contributed by atoms with Crippen LogP contribution in [0.5, 0.6) is 5.75 Å². The van der Waals surface area contributed by atoms with Crippen LogP contribution in [-0.4, -0.2) is 5.11 Å². The second-order valence-electron chi connectivity index (χ2n) is 3.48. The fourth-order valence-electron chi connectivity index (χ4n) is 1.12. The Hall–Kier alpha value is -0.730. The van der Waals surface area contributed by atoms with Crippen LogP contribution in [0.2, 0.25) is 5.02 Å². The Kier molecular flexibility index (Phi) is 3.17. The molecule has 1 atom stereocenters. The van der Waals surface area contributed by atoms with E-state index in [1.807, 2.05) is 13.8 Å². The maximum absolute atomic E-state index is 9.19. The summed E-state index contributed by atoms with van der Waals surface area (Å²) in [5.41, 5.74) is 6.87. The molecule has 3 N–H and O–H groups in total. The lowest BCUT2D eigenvalue weighted by Gasteiger charge is -2.16. The number of rotatable bonds is 2. The van der Waals surface area contributed by atoms with Crippen molar-refractivity contribution >= 4 is 11.6 Å². The molecular formula is C10H14ClNO. The molecular weight excluding hydrogens is 186 g/mol. The molecule has 0 spiro atoms. The van der Waals surface area contributed by atoms with Crippen LogP contribution in [-0.2, 0) is 0 Å². The maximum Gasteiger partial charge on any atom is 0.134 e. The molecule has 1 aromatic rings. The van der Waals surface area contributed by atoms with Crippen LogP contribution in [0.3, 0.4) is 0 Å². The third-order valence-corrected chi connectivity index (χ3v) is 2.38. The van der Waals surface area contributed by atoms with Gasteiger partial charge in [-0.05, 0) is 23.6 Å². The highest BCUT2D eigenvalue weighted by Crippen LogP contribution is 2.28. The number of hydrogen-bond donors (Lipinski definition) is 2. The number of nitrogens with two attached hydrogens (primary N) is 1. The zero-order valence-electron chi connectivity index (χ0n) is 7.79. The van der Waals surface area contributed by atoms with Gasteiger partial charge in [0.1, 0.15) is 5.75 Å². The average molecular weight is 200 g/mol. The predicted octanol–water partition coefficient (Wildman–Crippen LogP) is 2.70. The lowest BCUT2D eigenvalue weighted by atomic mass is 9.97. The molecule has 0 aliphatic carbocycles. The van der Waals surface area contributed by atoms with Gasteiger partial charge in [0, 0.05) is 6.04 Å². The van der Waals surface area contributed by atoms with Crippen molar-refractivity contribution in [1.29, 1.82) is 0 Å². The summed E-state index contributed by atoms with van der Waals surface area (Å²) in [5, 5.41) is 9.55. The van der Waals surface area contributed by atoms with Gasteiger partial charge < -0.3 is 10.8 Å². The first-order chi connectivity index (χ1) is 6.02. The monoisotopic (exact) mass is 199 g/mol. The number of phenolic OH excluding ortho intramolecular Hbond substituents is 1. The van der Waals surface area contributed by atoms with E-state index in [1.54, 1.807) is 18.2 Å². The van der Waals surface area contributed by atoms with Crippen molar-refractivity contribution in [2.24, 2.45) is 11.7 Å². The Labute approximate surface area is 83.3 Å². The normalized spacial score (nSPS) is 13.3. The zero-order valence-corrected chi connectivity index (χ0v) is 8.55. The zero-order chi connectivity index (χ0) is 10.0. The van der Waals surface area contributed by atoms with Gasteiger partial charge in [-0.1, -0.05) is 31.5 Å². The minimum absolute atomic E-state index is 0.0295. The molecule has 1 aromatic carbocycles. The van der Waals surface area contributed by atoms with Crippen LogP contribution in [0.25, 0.3) is 0 Å². The third-order valence-electron chi connectivity index (χ3n) is 2.07. The average Bonchev–Trinajstić information content (AvgIpc) is 2.08.